The third-order valence-corrected chi connectivity index (χ3v) is 0.987. The summed E-state index contributed by atoms with van der Waals surface area (Å²) in [5, 5.41) is 7.25. The number of ether oxygens (including phenoxy) is 2. The van der Waals surface area contributed by atoms with E-state index in [1.54, 1.807) is 0 Å². The van der Waals surface area contributed by atoms with Crippen LogP contribution in [-0.2, 0) is 9.47 Å². The second-order valence-electron chi connectivity index (χ2n) is 1.73. The lowest BCUT2D eigenvalue weighted by Crippen LogP contribution is -2.10. The van der Waals surface area contributed by atoms with Gasteiger partial charge in [0, 0.05) is 7.05 Å². The first-order valence-electron chi connectivity index (χ1n) is 2.89. The maximum absolute atomic E-state index is 12.4. The van der Waals surface area contributed by atoms with Gasteiger partial charge in [0.2, 0.25) is 11.8 Å². The van der Waals surface area contributed by atoms with Crippen LogP contribution in [0, 0.1) is 5.41 Å². The SMILES string of the molecule is COC(=N)/C=C(/OC)N(C)F. The number of hydrogen-bond donors (Lipinski definition) is 1. The second-order valence-corrected chi connectivity index (χ2v) is 1.73. The van der Waals surface area contributed by atoms with Gasteiger partial charge in [-0.15, -0.1) is 0 Å². The molecule has 0 aliphatic carbocycles. The van der Waals surface area contributed by atoms with E-state index < -0.39 is 0 Å². The van der Waals surface area contributed by atoms with Gasteiger partial charge in [-0.2, -0.15) is 5.12 Å². The molecule has 0 saturated heterocycles. The fraction of sp³-hybridized carbons (Fsp3) is 0.500. The first-order valence-corrected chi connectivity index (χ1v) is 2.89. The lowest BCUT2D eigenvalue weighted by molar-refractivity contribution is 0.0239. The molecule has 0 spiro atoms. The van der Waals surface area contributed by atoms with Crippen molar-refractivity contribution in [1.29, 1.82) is 5.41 Å². The molecule has 5 heteroatoms. The van der Waals surface area contributed by atoms with Crippen LogP contribution < -0.4 is 0 Å². The van der Waals surface area contributed by atoms with Gasteiger partial charge in [-0.3, -0.25) is 5.41 Å². The summed E-state index contributed by atoms with van der Waals surface area (Å²) in [5.41, 5.74) is 0. The average molecular weight is 162 g/mol. The van der Waals surface area contributed by atoms with Gasteiger partial charge < -0.3 is 9.47 Å². The Balaban J connectivity index is 4.23. The average Bonchev–Trinajstić information content (AvgIpc) is 1.99. The number of nitrogens with zero attached hydrogens (tertiary/aromatic N) is 1. The van der Waals surface area contributed by atoms with Crippen LogP contribution in [-0.4, -0.2) is 32.3 Å². The molecule has 0 radical (unpaired) electrons. The Labute approximate surface area is 64.6 Å². The normalized spacial score (nSPS) is 10.7. The number of halogens is 1. The molecule has 0 unspecified atom stereocenters. The fourth-order valence-electron chi connectivity index (χ4n) is 0.445. The zero-order valence-corrected chi connectivity index (χ0v) is 6.72. The van der Waals surface area contributed by atoms with Crippen LogP contribution in [0.3, 0.4) is 0 Å². The largest absolute Gasteiger partial charge is 0.481 e. The molecule has 11 heavy (non-hydrogen) atoms. The Bertz CT molecular complexity index is 168. The van der Waals surface area contributed by atoms with Crippen molar-refractivity contribution in [2.45, 2.75) is 0 Å². The highest BCUT2D eigenvalue weighted by molar-refractivity contribution is 5.84. The topological polar surface area (TPSA) is 45.6 Å². The Kier molecular flexibility index (Phi) is 4.02. The molecule has 0 saturated carbocycles. The summed E-state index contributed by atoms with van der Waals surface area (Å²) in [5.74, 6) is -0.233. The van der Waals surface area contributed by atoms with Crippen molar-refractivity contribution in [3.05, 3.63) is 12.0 Å². The molecule has 0 fully saturated rings. The zero-order valence-electron chi connectivity index (χ0n) is 6.72. The third kappa shape index (κ3) is 3.44. The standard InChI is InChI=1S/C6H11FN2O2/c1-9(7)6(11-3)4-5(8)10-2/h4,8H,1-3H3/b6-4+,8-5?. The highest BCUT2D eigenvalue weighted by Gasteiger charge is 2.03. The Hall–Kier alpha value is -1.26. The van der Waals surface area contributed by atoms with E-state index >= 15 is 0 Å². The second kappa shape index (κ2) is 4.54. The van der Waals surface area contributed by atoms with Gasteiger partial charge in [0.25, 0.3) is 0 Å². The summed E-state index contributed by atoms with van der Waals surface area (Å²) >= 11 is 0. The van der Waals surface area contributed by atoms with E-state index in [0.29, 0.717) is 0 Å². The van der Waals surface area contributed by atoms with E-state index in [1.807, 2.05) is 0 Å². The lowest BCUT2D eigenvalue weighted by atomic mass is 10.5. The van der Waals surface area contributed by atoms with Crippen molar-refractivity contribution < 1.29 is 14.0 Å². The molecule has 0 amide bonds. The molecular formula is C6H11FN2O2. The van der Waals surface area contributed by atoms with Crippen LogP contribution in [0.2, 0.25) is 0 Å². The minimum Gasteiger partial charge on any atom is -0.481 e. The smallest absolute Gasteiger partial charge is 0.222 e. The van der Waals surface area contributed by atoms with Crippen molar-refractivity contribution in [2.75, 3.05) is 21.3 Å². The first kappa shape index (κ1) is 9.74. The van der Waals surface area contributed by atoms with Crippen LogP contribution in [0.1, 0.15) is 0 Å². The number of methoxy groups -OCH3 is 2. The summed E-state index contributed by atoms with van der Waals surface area (Å²) in [7, 11) is 3.80. The van der Waals surface area contributed by atoms with Gasteiger partial charge in [-0.1, -0.05) is 4.48 Å². The summed E-state index contributed by atoms with van der Waals surface area (Å²) in [4.78, 5) is 0. The summed E-state index contributed by atoms with van der Waals surface area (Å²) in [6.45, 7) is 0. The molecule has 0 heterocycles. The van der Waals surface area contributed by atoms with Crippen LogP contribution in [0.5, 0.6) is 0 Å². The van der Waals surface area contributed by atoms with Crippen molar-refractivity contribution >= 4 is 5.90 Å². The molecule has 0 aromatic rings. The van der Waals surface area contributed by atoms with Crippen molar-refractivity contribution in [2.24, 2.45) is 0 Å². The molecule has 0 bridgehead atoms. The molecule has 0 aromatic carbocycles. The molecule has 0 rings (SSSR count). The third-order valence-electron chi connectivity index (χ3n) is 0.987. The molecule has 0 atom stereocenters. The van der Waals surface area contributed by atoms with Gasteiger partial charge in [0.05, 0.1) is 20.3 Å². The summed E-state index contributed by atoms with van der Waals surface area (Å²) < 4.78 is 21.4. The van der Waals surface area contributed by atoms with Crippen molar-refractivity contribution in [3.8, 4) is 0 Å². The molecule has 0 aliphatic rings. The minimum atomic E-state index is -0.161. The predicted molar refractivity (Wildman–Crippen MR) is 38.7 cm³/mol. The van der Waals surface area contributed by atoms with Crippen LogP contribution in [0.25, 0.3) is 0 Å². The minimum absolute atomic E-state index is 0.0724. The highest BCUT2D eigenvalue weighted by atomic mass is 19.2. The maximum atomic E-state index is 12.4. The molecule has 0 aliphatic heterocycles. The van der Waals surface area contributed by atoms with E-state index in [4.69, 9.17) is 5.41 Å². The van der Waals surface area contributed by atoms with Crippen molar-refractivity contribution in [3.63, 3.8) is 0 Å². The molecule has 4 nitrogen and oxygen atoms in total. The quantitative estimate of drug-likeness (QED) is 0.290. The van der Waals surface area contributed by atoms with E-state index in [2.05, 4.69) is 9.47 Å². The van der Waals surface area contributed by atoms with Gasteiger partial charge in [0.1, 0.15) is 0 Å². The lowest BCUT2D eigenvalue weighted by Gasteiger charge is -2.09. The number of rotatable bonds is 3. The van der Waals surface area contributed by atoms with Gasteiger partial charge in [-0.05, 0) is 0 Å². The molecule has 1 N–H and O–H groups in total. The zero-order chi connectivity index (χ0) is 8.85. The summed E-state index contributed by atoms with van der Waals surface area (Å²) in [6.07, 6.45) is 1.12. The van der Waals surface area contributed by atoms with Crippen LogP contribution in [0.4, 0.5) is 4.48 Å². The predicted octanol–water partition coefficient (Wildman–Crippen LogP) is 0.914. The highest BCUT2D eigenvalue weighted by Crippen LogP contribution is 2.01. The fourth-order valence-corrected chi connectivity index (χ4v) is 0.445. The van der Waals surface area contributed by atoms with E-state index in [-0.39, 0.29) is 16.9 Å². The Morgan fingerprint density at radius 3 is 2.27 bits per heavy atom. The van der Waals surface area contributed by atoms with Crippen LogP contribution >= 0.6 is 0 Å². The Morgan fingerprint density at radius 2 is 2.00 bits per heavy atom. The first-order chi connectivity index (χ1) is 5.11. The van der Waals surface area contributed by atoms with Gasteiger partial charge >= 0.3 is 0 Å². The number of nitrogens with one attached hydrogen (secondary N) is 1. The van der Waals surface area contributed by atoms with Crippen molar-refractivity contribution in [1.82, 2.24) is 5.12 Å². The monoisotopic (exact) mass is 162 g/mol. The molecular weight excluding hydrogens is 151 g/mol. The van der Waals surface area contributed by atoms with E-state index in [9.17, 15) is 4.48 Å². The molecule has 0 aromatic heterocycles. The van der Waals surface area contributed by atoms with Gasteiger partial charge in [-0.25, -0.2) is 0 Å². The maximum Gasteiger partial charge on any atom is 0.222 e. The molecule has 64 valence electrons. The van der Waals surface area contributed by atoms with Crippen LogP contribution in [0.15, 0.2) is 12.0 Å². The van der Waals surface area contributed by atoms with E-state index in [1.165, 1.54) is 14.2 Å². The summed E-state index contributed by atoms with van der Waals surface area (Å²) in [6, 6.07) is 0. The van der Waals surface area contributed by atoms with Gasteiger partial charge in [0.15, 0.2) is 0 Å². The Morgan fingerprint density at radius 1 is 1.45 bits per heavy atom. The van der Waals surface area contributed by atoms with E-state index in [0.717, 1.165) is 13.1 Å². The number of hydrogen-bond acceptors (Lipinski definition) is 4.